The van der Waals surface area contributed by atoms with Crippen LogP contribution in [0.25, 0.3) is 0 Å². The number of rotatable bonds is 3. The van der Waals surface area contributed by atoms with Gasteiger partial charge in [0, 0.05) is 25.1 Å². The summed E-state index contributed by atoms with van der Waals surface area (Å²) in [7, 11) is 0. The molecule has 2 rings (SSSR count). The van der Waals surface area contributed by atoms with Crippen LogP contribution in [0.1, 0.15) is 43.7 Å². The molecule has 3 heteroatoms. The summed E-state index contributed by atoms with van der Waals surface area (Å²) in [6.45, 7) is 5.92. The summed E-state index contributed by atoms with van der Waals surface area (Å²) < 4.78 is 0. The van der Waals surface area contributed by atoms with E-state index < -0.39 is 0 Å². The Kier molecular flexibility index (Phi) is 4.38. The molecule has 0 saturated heterocycles. The molecule has 0 bridgehead atoms. The molecule has 106 valence electrons. The highest BCUT2D eigenvalue weighted by molar-refractivity contribution is 6.14. The van der Waals surface area contributed by atoms with Crippen LogP contribution < -0.4 is 0 Å². The number of aliphatic hydroxyl groups excluding tert-OH is 1. The van der Waals surface area contributed by atoms with E-state index in [9.17, 15) is 9.90 Å². The molecule has 0 spiro atoms. The maximum absolute atomic E-state index is 12.2. The van der Waals surface area contributed by atoms with Gasteiger partial charge in [0.15, 0.2) is 5.78 Å². The molecule has 0 aromatic heterocycles. The van der Waals surface area contributed by atoms with Crippen molar-refractivity contribution in [1.29, 1.82) is 0 Å². The zero-order chi connectivity index (χ0) is 14.7. The molecule has 0 aliphatic heterocycles. The Morgan fingerprint density at radius 3 is 2.45 bits per heavy atom. The van der Waals surface area contributed by atoms with Crippen molar-refractivity contribution in [3.63, 3.8) is 0 Å². The summed E-state index contributed by atoms with van der Waals surface area (Å²) in [5.74, 6) is 0.208. The van der Waals surface area contributed by atoms with E-state index in [1.165, 1.54) is 11.8 Å². The Bertz CT molecular complexity index is 553. The first-order valence-corrected chi connectivity index (χ1v) is 7.02. The van der Waals surface area contributed by atoms with Crippen LogP contribution in [0.5, 0.6) is 0 Å². The number of benzene rings is 1. The monoisotopic (exact) mass is 271 g/mol. The Hall–Kier alpha value is -1.90. The lowest BCUT2D eigenvalue weighted by Crippen LogP contribution is -2.19. The van der Waals surface area contributed by atoms with Crippen LogP contribution in [0.4, 0.5) is 0 Å². The lowest BCUT2D eigenvalue weighted by atomic mass is 9.83. The average Bonchev–Trinajstić information content (AvgIpc) is 2.38. The maximum atomic E-state index is 12.2. The normalized spacial score (nSPS) is 20.2. The van der Waals surface area contributed by atoms with E-state index in [-0.39, 0.29) is 23.5 Å². The van der Waals surface area contributed by atoms with Crippen molar-refractivity contribution in [3.8, 4) is 0 Å². The maximum Gasteiger partial charge on any atom is 0.168 e. The zero-order valence-electron chi connectivity index (χ0n) is 12.3. The molecule has 1 aliphatic carbocycles. The second-order valence-corrected chi connectivity index (χ2v) is 5.67. The minimum atomic E-state index is -0.0243. The number of hydrogen-bond acceptors (Lipinski definition) is 3. The number of ketones is 1. The fourth-order valence-corrected chi connectivity index (χ4v) is 2.35. The highest BCUT2D eigenvalue weighted by Gasteiger charge is 2.27. The minimum absolute atomic E-state index is 0.0243. The van der Waals surface area contributed by atoms with E-state index in [0.29, 0.717) is 18.4 Å². The molecule has 3 nitrogen and oxygen atoms in total. The molecule has 0 radical (unpaired) electrons. The molecule has 0 saturated carbocycles. The van der Waals surface area contributed by atoms with Crippen LogP contribution in [-0.4, -0.2) is 23.1 Å². The standard InChI is InChI=1S/C17H21NO2/c1-11(2)18-10-15-16(19)8-14(9-17(15)20)13-6-4-12(3)5-7-13/h4-7,10-11,14,19H,8-9H2,1-3H3. The van der Waals surface area contributed by atoms with Gasteiger partial charge in [0.1, 0.15) is 5.76 Å². The van der Waals surface area contributed by atoms with Crippen molar-refractivity contribution < 1.29 is 9.90 Å². The quantitative estimate of drug-likeness (QED) is 0.851. The van der Waals surface area contributed by atoms with Gasteiger partial charge in [-0.05, 0) is 32.3 Å². The molecule has 0 amide bonds. The van der Waals surface area contributed by atoms with E-state index in [0.717, 1.165) is 5.56 Å². The number of aryl methyl sites for hydroxylation is 1. The lowest BCUT2D eigenvalue weighted by molar-refractivity contribution is -0.116. The van der Waals surface area contributed by atoms with Gasteiger partial charge in [-0.15, -0.1) is 0 Å². The largest absolute Gasteiger partial charge is 0.511 e. The topological polar surface area (TPSA) is 49.7 Å². The molecule has 1 aromatic carbocycles. The van der Waals surface area contributed by atoms with Crippen LogP contribution >= 0.6 is 0 Å². The van der Waals surface area contributed by atoms with Gasteiger partial charge in [-0.3, -0.25) is 9.79 Å². The van der Waals surface area contributed by atoms with Crippen molar-refractivity contribution >= 4 is 12.0 Å². The Morgan fingerprint density at radius 2 is 1.90 bits per heavy atom. The van der Waals surface area contributed by atoms with E-state index in [1.807, 2.05) is 45.0 Å². The first-order valence-electron chi connectivity index (χ1n) is 7.02. The van der Waals surface area contributed by atoms with E-state index in [4.69, 9.17) is 0 Å². The summed E-state index contributed by atoms with van der Waals surface area (Å²) in [5, 5.41) is 10.1. The summed E-state index contributed by atoms with van der Waals surface area (Å²) in [6, 6.07) is 8.27. The summed E-state index contributed by atoms with van der Waals surface area (Å²) in [4.78, 5) is 16.4. The SMILES string of the molecule is Cc1ccc(C2CC(=O)C(C=NC(C)C)=C(O)C2)cc1. The van der Waals surface area contributed by atoms with Gasteiger partial charge >= 0.3 is 0 Å². The Balaban J connectivity index is 2.21. The fourth-order valence-electron chi connectivity index (χ4n) is 2.35. The first kappa shape index (κ1) is 14.5. The third-order valence-corrected chi connectivity index (χ3v) is 3.53. The van der Waals surface area contributed by atoms with Crippen molar-refractivity contribution in [2.45, 2.75) is 45.6 Å². The first-order chi connectivity index (χ1) is 9.47. The average molecular weight is 271 g/mol. The van der Waals surface area contributed by atoms with Crippen LogP contribution in [0, 0.1) is 6.92 Å². The molecule has 1 unspecified atom stereocenters. The predicted octanol–water partition coefficient (Wildman–Crippen LogP) is 3.73. The van der Waals surface area contributed by atoms with Gasteiger partial charge in [-0.2, -0.15) is 0 Å². The molecule has 1 atom stereocenters. The van der Waals surface area contributed by atoms with Gasteiger partial charge in [-0.1, -0.05) is 29.8 Å². The number of nitrogens with zero attached hydrogens (tertiary/aromatic N) is 1. The van der Waals surface area contributed by atoms with Crippen molar-refractivity contribution in [1.82, 2.24) is 0 Å². The second-order valence-electron chi connectivity index (χ2n) is 5.67. The number of hydrogen-bond donors (Lipinski definition) is 1. The number of Topliss-reactive ketones (excluding diaryl/α,β-unsaturated/α-hetero) is 1. The van der Waals surface area contributed by atoms with Gasteiger partial charge in [0.05, 0.1) is 5.57 Å². The summed E-state index contributed by atoms with van der Waals surface area (Å²) >= 11 is 0. The molecular formula is C17H21NO2. The number of aliphatic hydroxyl groups is 1. The Labute approximate surface area is 120 Å². The van der Waals surface area contributed by atoms with Crippen molar-refractivity contribution in [3.05, 3.63) is 46.7 Å². The van der Waals surface area contributed by atoms with Gasteiger partial charge < -0.3 is 5.11 Å². The highest BCUT2D eigenvalue weighted by Crippen LogP contribution is 2.33. The number of carbonyl (C=O) groups is 1. The van der Waals surface area contributed by atoms with E-state index in [2.05, 4.69) is 4.99 Å². The van der Waals surface area contributed by atoms with Crippen LogP contribution in [0.3, 0.4) is 0 Å². The van der Waals surface area contributed by atoms with Crippen LogP contribution in [0.15, 0.2) is 40.6 Å². The lowest BCUT2D eigenvalue weighted by Gasteiger charge is -2.22. The molecule has 20 heavy (non-hydrogen) atoms. The highest BCUT2D eigenvalue weighted by atomic mass is 16.3. The molecule has 1 aliphatic rings. The second kappa shape index (κ2) is 6.04. The number of allylic oxidation sites excluding steroid dienone is 2. The molecular weight excluding hydrogens is 250 g/mol. The number of carbonyl (C=O) groups excluding carboxylic acids is 1. The predicted molar refractivity (Wildman–Crippen MR) is 81.4 cm³/mol. The zero-order valence-corrected chi connectivity index (χ0v) is 12.3. The molecule has 0 heterocycles. The molecule has 1 aromatic rings. The van der Waals surface area contributed by atoms with Crippen LogP contribution in [0.2, 0.25) is 0 Å². The minimum Gasteiger partial charge on any atom is -0.511 e. The molecule has 0 fully saturated rings. The van der Waals surface area contributed by atoms with Gasteiger partial charge in [0.2, 0.25) is 0 Å². The third-order valence-electron chi connectivity index (χ3n) is 3.53. The number of aliphatic imine (C=N–C) groups is 1. The van der Waals surface area contributed by atoms with Crippen molar-refractivity contribution in [2.24, 2.45) is 4.99 Å². The fraction of sp³-hybridized carbons (Fsp3) is 0.412. The smallest absolute Gasteiger partial charge is 0.168 e. The van der Waals surface area contributed by atoms with Crippen LogP contribution in [-0.2, 0) is 4.79 Å². The summed E-state index contributed by atoms with van der Waals surface area (Å²) in [5.41, 5.74) is 2.68. The van der Waals surface area contributed by atoms with Gasteiger partial charge in [0.25, 0.3) is 0 Å². The van der Waals surface area contributed by atoms with E-state index >= 15 is 0 Å². The van der Waals surface area contributed by atoms with Crippen molar-refractivity contribution in [2.75, 3.05) is 0 Å². The van der Waals surface area contributed by atoms with E-state index in [1.54, 1.807) is 0 Å². The molecule has 1 N–H and O–H groups in total. The van der Waals surface area contributed by atoms with Gasteiger partial charge in [-0.25, -0.2) is 0 Å². The third kappa shape index (κ3) is 3.35. The Morgan fingerprint density at radius 1 is 1.25 bits per heavy atom. The summed E-state index contributed by atoms with van der Waals surface area (Å²) in [6.07, 6.45) is 2.47.